The Morgan fingerprint density at radius 1 is 1.44 bits per heavy atom. The third kappa shape index (κ3) is 3.42. The number of carbonyl (C=O) groups excluding carboxylic acids is 1. The first-order valence-electron chi connectivity index (χ1n) is 7.86. The number of rotatable bonds is 4. The van der Waals surface area contributed by atoms with Crippen LogP contribution >= 0.6 is 0 Å². The van der Waals surface area contributed by atoms with Gasteiger partial charge in [-0.15, -0.1) is 5.10 Å². The van der Waals surface area contributed by atoms with Crippen molar-refractivity contribution in [2.45, 2.75) is 25.8 Å². The van der Waals surface area contributed by atoms with Gasteiger partial charge >= 0.3 is 5.97 Å². The van der Waals surface area contributed by atoms with E-state index in [-0.39, 0.29) is 17.4 Å². The molecule has 3 rings (SSSR count). The van der Waals surface area contributed by atoms with Gasteiger partial charge < -0.3 is 9.64 Å². The van der Waals surface area contributed by atoms with E-state index in [1.165, 1.54) is 13.2 Å². The number of hydrogen-bond donors (Lipinski definition) is 0. The zero-order valence-corrected chi connectivity index (χ0v) is 14.0. The van der Waals surface area contributed by atoms with Crippen LogP contribution in [0.3, 0.4) is 0 Å². The molecule has 2 aromatic heterocycles. The second kappa shape index (κ2) is 6.83. The Morgan fingerprint density at radius 3 is 2.92 bits per heavy atom. The van der Waals surface area contributed by atoms with E-state index in [2.05, 4.69) is 24.9 Å². The van der Waals surface area contributed by atoms with Crippen molar-refractivity contribution in [1.29, 1.82) is 0 Å². The summed E-state index contributed by atoms with van der Waals surface area (Å²) in [6.07, 6.45) is 3.39. The summed E-state index contributed by atoms with van der Waals surface area (Å²) in [6, 6.07) is 3.18. The number of aryl methyl sites for hydroxylation is 1. The van der Waals surface area contributed by atoms with E-state index in [0.29, 0.717) is 18.1 Å². The Hall–Kier alpha value is -3.04. The van der Waals surface area contributed by atoms with Crippen LogP contribution in [0.15, 0.2) is 18.3 Å². The number of ether oxygens (including phenoxy) is 1. The summed E-state index contributed by atoms with van der Waals surface area (Å²) in [6.45, 7) is 3.07. The Labute approximate surface area is 143 Å². The summed E-state index contributed by atoms with van der Waals surface area (Å²) < 4.78 is 6.30. The maximum Gasteiger partial charge on any atom is 0.360 e. The van der Waals surface area contributed by atoms with Crippen molar-refractivity contribution in [3.05, 3.63) is 39.8 Å². The molecule has 0 unspecified atom stereocenters. The van der Waals surface area contributed by atoms with Gasteiger partial charge in [-0.05, 0) is 25.8 Å². The summed E-state index contributed by atoms with van der Waals surface area (Å²) in [5, 5.41) is 18.8. The Bertz CT molecular complexity index is 805. The van der Waals surface area contributed by atoms with Crippen molar-refractivity contribution in [3.8, 4) is 0 Å². The van der Waals surface area contributed by atoms with Crippen LogP contribution in [-0.2, 0) is 4.74 Å². The lowest BCUT2D eigenvalue weighted by Crippen LogP contribution is -2.37. The lowest BCUT2D eigenvalue weighted by atomic mass is 10.1. The zero-order chi connectivity index (χ0) is 18.0. The van der Waals surface area contributed by atoms with Crippen LogP contribution in [0.5, 0.6) is 0 Å². The highest BCUT2D eigenvalue weighted by atomic mass is 16.6. The van der Waals surface area contributed by atoms with Crippen LogP contribution in [0.2, 0.25) is 0 Å². The molecule has 0 bridgehead atoms. The summed E-state index contributed by atoms with van der Waals surface area (Å²) in [4.78, 5) is 28.4. The van der Waals surface area contributed by atoms with Gasteiger partial charge in [0.25, 0.3) is 5.69 Å². The fraction of sp³-hybridized carbons (Fsp3) is 0.467. The molecule has 2 aromatic rings. The average molecular weight is 346 g/mol. The van der Waals surface area contributed by atoms with Gasteiger partial charge in [0, 0.05) is 19.2 Å². The third-order valence-electron chi connectivity index (χ3n) is 4.24. The molecule has 0 N–H and O–H groups in total. The molecular weight excluding hydrogens is 328 g/mol. The molecule has 3 heterocycles. The smallest absolute Gasteiger partial charge is 0.360 e. The van der Waals surface area contributed by atoms with Gasteiger partial charge in [0.2, 0.25) is 0 Å². The fourth-order valence-electron chi connectivity index (χ4n) is 2.94. The van der Waals surface area contributed by atoms with Gasteiger partial charge in [0.1, 0.15) is 11.5 Å². The van der Waals surface area contributed by atoms with Crippen molar-refractivity contribution >= 4 is 17.5 Å². The SMILES string of the molecule is COC(=O)c1cn([C@H]2CCCN(c3ccc([N+](=O)[O-])c(C)n3)C2)nn1. The summed E-state index contributed by atoms with van der Waals surface area (Å²) in [5.74, 6) is 0.174. The number of esters is 1. The highest BCUT2D eigenvalue weighted by Gasteiger charge is 2.25. The highest BCUT2D eigenvalue weighted by Crippen LogP contribution is 2.27. The highest BCUT2D eigenvalue weighted by molar-refractivity contribution is 5.86. The number of pyridine rings is 1. The predicted molar refractivity (Wildman–Crippen MR) is 87.5 cm³/mol. The number of piperidine rings is 1. The van der Waals surface area contributed by atoms with E-state index in [9.17, 15) is 14.9 Å². The monoisotopic (exact) mass is 346 g/mol. The molecule has 1 saturated heterocycles. The normalized spacial score (nSPS) is 17.4. The van der Waals surface area contributed by atoms with Crippen LogP contribution in [0.4, 0.5) is 11.5 Å². The maximum atomic E-state index is 11.5. The van der Waals surface area contributed by atoms with Crippen molar-refractivity contribution < 1.29 is 14.5 Å². The van der Waals surface area contributed by atoms with E-state index in [1.54, 1.807) is 23.9 Å². The second-order valence-corrected chi connectivity index (χ2v) is 5.85. The molecule has 0 amide bonds. The third-order valence-corrected chi connectivity index (χ3v) is 4.24. The Balaban J connectivity index is 1.77. The maximum absolute atomic E-state index is 11.5. The molecule has 0 radical (unpaired) electrons. The molecule has 0 aliphatic carbocycles. The van der Waals surface area contributed by atoms with Gasteiger partial charge in [-0.2, -0.15) is 0 Å². The summed E-state index contributed by atoms with van der Waals surface area (Å²) >= 11 is 0. The molecule has 25 heavy (non-hydrogen) atoms. The molecule has 10 heteroatoms. The van der Waals surface area contributed by atoms with Gasteiger partial charge in [-0.25, -0.2) is 14.5 Å². The largest absolute Gasteiger partial charge is 0.464 e. The lowest BCUT2D eigenvalue weighted by molar-refractivity contribution is -0.385. The van der Waals surface area contributed by atoms with E-state index >= 15 is 0 Å². The molecule has 132 valence electrons. The quantitative estimate of drug-likeness (QED) is 0.465. The van der Waals surface area contributed by atoms with Gasteiger partial charge in [0.05, 0.1) is 24.3 Å². The minimum absolute atomic E-state index is 0.0105. The van der Waals surface area contributed by atoms with Crippen molar-refractivity contribution in [1.82, 2.24) is 20.0 Å². The summed E-state index contributed by atoms with van der Waals surface area (Å²) in [5.41, 5.74) is 0.568. The first kappa shape index (κ1) is 16.8. The van der Waals surface area contributed by atoms with Crippen LogP contribution < -0.4 is 4.90 Å². The van der Waals surface area contributed by atoms with Gasteiger partial charge in [-0.3, -0.25) is 10.1 Å². The lowest BCUT2D eigenvalue weighted by Gasteiger charge is -2.33. The van der Waals surface area contributed by atoms with E-state index in [0.717, 1.165) is 19.4 Å². The van der Waals surface area contributed by atoms with E-state index in [4.69, 9.17) is 0 Å². The minimum Gasteiger partial charge on any atom is -0.464 e. The van der Waals surface area contributed by atoms with Crippen LogP contribution in [0.1, 0.15) is 35.1 Å². The molecule has 1 aliphatic rings. The van der Waals surface area contributed by atoms with Crippen molar-refractivity contribution in [2.75, 3.05) is 25.1 Å². The number of aromatic nitrogens is 4. The van der Waals surface area contributed by atoms with E-state index in [1.807, 2.05) is 0 Å². The number of nitrogens with zero attached hydrogens (tertiary/aromatic N) is 6. The zero-order valence-electron chi connectivity index (χ0n) is 14.0. The average Bonchev–Trinajstić information content (AvgIpc) is 3.11. The Morgan fingerprint density at radius 2 is 2.24 bits per heavy atom. The predicted octanol–water partition coefficient (Wildman–Crippen LogP) is 1.52. The summed E-state index contributed by atoms with van der Waals surface area (Å²) in [7, 11) is 1.30. The van der Waals surface area contributed by atoms with Gasteiger partial charge in [0.15, 0.2) is 5.69 Å². The Kier molecular flexibility index (Phi) is 4.59. The topological polar surface area (TPSA) is 116 Å². The first-order valence-corrected chi connectivity index (χ1v) is 7.86. The molecule has 1 atom stereocenters. The van der Waals surface area contributed by atoms with E-state index < -0.39 is 10.9 Å². The molecule has 1 fully saturated rings. The van der Waals surface area contributed by atoms with Crippen LogP contribution in [0, 0.1) is 17.0 Å². The number of methoxy groups -OCH3 is 1. The minimum atomic E-state index is -0.522. The van der Waals surface area contributed by atoms with Crippen LogP contribution in [-0.4, -0.2) is 51.1 Å². The molecular formula is C15H18N6O4. The second-order valence-electron chi connectivity index (χ2n) is 5.85. The van der Waals surface area contributed by atoms with Gasteiger partial charge in [-0.1, -0.05) is 5.21 Å². The number of carbonyl (C=O) groups is 1. The number of anilines is 1. The standard InChI is InChI=1S/C15H18N6O4/c1-10-13(21(23)24)5-6-14(16-10)19-7-3-4-11(8-19)20-9-12(17-18-20)15(22)25-2/h5-6,9,11H,3-4,7-8H2,1-2H3/t11-/m0/s1. The fourth-order valence-corrected chi connectivity index (χ4v) is 2.94. The number of hydrogen-bond acceptors (Lipinski definition) is 8. The van der Waals surface area contributed by atoms with Crippen molar-refractivity contribution in [3.63, 3.8) is 0 Å². The van der Waals surface area contributed by atoms with Crippen LogP contribution in [0.25, 0.3) is 0 Å². The molecule has 10 nitrogen and oxygen atoms in total. The molecule has 0 aromatic carbocycles. The molecule has 0 saturated carbocycles. The first-order chi connectivity index (χ1) is 12.0. The number of nitro groups is 1. The molecule has 0 spiro atoms. The van der Waals surface area contributed by atoms with Crippen molar-refractivity contribution in [2.24, 2.45) is 0 Å². The molecule has 1 aliphatic heterocycles.